The Morgan fingerprint density at radius 3 is 1.32 bits per heavy atom. The third-order valence-corrected chi connectivity index (χ3v) is 3.29. The molecule has 3 rings (SSSR count). The molecule has 0 spiro atoms. The fourth-order valence-electron chi connectivity index (χ4n) is 2.30. The summed E-state index contributed by atoms with van der Waals surface area (Å²) < 4.78 is 0. The van der Waals surface area contributed by atoms with Crippen molar-refractivity contribution in [3.63, 3.8) is 0 Å². The van der Waals surface area contributed by atoms with Gasteiger partial charge in [0.2, 0.25) is 0 Å². The summed E-state index contributed by atoms with van der Waals surface area (Å²) in [6, 6.07) is 20.3. The van der Waals surface area contributed by atoms with Gasteiger partial charge in [-0.1, -0.05) is 60.7 Å². The van der Waals surface area contributed by atoms with Crippen LogP contribution in [0.4, 0.5) is 0 Å². The molecule has 3 aromatic rings. The zero-order valence-electron chi connectivity index (χ0n) is 14.3. The molecular weight excluding hydrogens is 312 g/mol. The molecule has 4 heteroatoms. The molecule has 0 unspecified atom stereocenters. The number of hydrogen-bond donors (Lipinski definition) is 0. The second-order valence-corrected chi connectivity index (χ2v) is 5.57. The van der Waals surface area contributed by atoms with E-state index in [2.05, 4.69) is 34.2 Å². The molecule has 0 bridgehead atoms. The van der Waals surface area contributed by atoms with Gasteiger partial charge < -0.3 is 0 Å². The number of rotatable bonds is 4. The number of carbonyl (C=O) groups excluding carboxylic acids is 2. The average Bonchev–Trinajstić information content (AvgIpc) is 2.63. The average molecular weight is 332 g/mol. The maximum atomic E-state index is 10.0. The fourth-order valence-corrected chi connectivity index (χ4v) is 2.30. The second-order valence-electron chi connectivity index (χ2n) is 5.57. The van der Waals surface area contributed by atoms with Crippen LogP contribution in [0.5, 0.6) is 0 Å². The maximum absolute atomic E-state index is 10.0. The van der Waals surface area contributed by atoms with Gasteiger partial charge in [0, 0.05) is 23.5 Å². The molecule has 1 heterocycles. The lowest BCUT2D eigenvalue weighted by atomic mass is 10.0. The minimum atomic E-state index is -0.0625. The van der Waals surface area contributed by atoms with Crippen LogP contribution in [0.25, 0.3) is 22.5 Å². The molecule has 0 saturated carbocycles. The summed E-state index contributed by atoms with van der Waals surface area (Å²) in [5, 5.41) is 0. The summed E-state index contributed by atoms with van der Waals surface area (Å²) in [7, 11) is 0. The van der Waals surface area contributed by atoms with Crippen LogP contribution >= 0.6 is 0 Å². The van der Waals surface area contributed by atoms with Crippen molar-refractivity contribution in [2.45, 2.75) is 20.3 Å². The van der Waals surface area contributed by atoms with Gasteiger partial charge in [0.1, 0.15) is 11.6 Å². The van der Waals surface area contributed by atoms with E-state index in [4.69, 9.17) is 0 Å². The lowest BCUT2D eigenvalue weighted by Crippen LogP contribution is -1.97. The number of nitrogens with zero attached hydrogens (tertiary/aromatic N) is 2. The Morgan fingerprint density at radius 2 is 1.04 bits per heavy atom. The van der Waals surface area contributed by atoms with E-state index in [9.17, 15) is 9.59 Å². The van der Waals surface area contributed by atoms with Crippen molar-refractivity contribution in [1.29, 1.82) is 0 Å². The van der Waals surface area contributed by atoms with Gasteiger partial charge in [0.15, 0.2) is 0 Å². The minimum absolute atomic E-state index is 0.0625. The first-order valence-corrected chi connectivity index (χ1v) is 7.98. The molecule has 0 aliphatic heterocycles. The first-order chi connectivity index (χ1) is 12.1. The van der Waals surface area contributed by atoms with Crippen molar-refractivity contribution in [2.75, 3.05) is 0 Å². The Morgan fingerprint density at radius 1 is 0.680 bits per heavy atom. The Kier molecular flexibility index (Phi) is 6.72. The second kappa shape index (κ2) is 9.23. The third-order valence-electron chi connectivity index (χ3n) is 3.29. The molecule has 1 aromatic heterocycles. The molecule has 126 valence electrons. The van der Waals surface area contributed by atoms with Crippen LogP contribution in [0.1, 0.15) is 20.3 Å². The molecule has 4 nitrogen and oxygen atoms in total. The Labute approximate surface area is 147 Å². The number of carbonyl (C=O) groups is 2. The van der Waals surface area contributed by atoms with Crippen LogP contribution < -0.4 is 0 Å². The third kappa shape index (κ3) is 5.77. The summed E-state index contributed by atoms with van der Waals surface area (Å²) in [5.74, 6) is -0.125. The summed E-state index contributed by atoms with van der Waals surface area (Å²) in [6.45, 7) is 2.81. The van der Waals surface area contributed by atoms with Crippen molar-refractivity contribution >= 4 is 11.6 Å². The van der Waals surface area contributed by atoms with Crippen LogP contribution in [-0.2, 0) is 9.59 Å². The zero-order chi connectivity index (χ0) is 18.1. The van der Waals surface area contributed by atoms with Crippen LogP contribution in [0.2, 0.25) is 0 Å². The number of benzene rings is 2. The van der Waals surface area contributed by atoms with E-state index in [0.717, 1.165) is 22.5 Å². The molecule has 2 aromatic carbocycles. The molecule has 0 radical (unpaired) electrons. The normalized spacial score (nSPS) is 9.68. The molecule has 0 amide bonds. The van der Waals surface area contributed by atoms with Gasteiger partial charge >= 0.3 is 0 Å². The van der Waals surface area contributed by atoms with Gasteiger partial charge in [-0.3, -0.25) is 19.6 Å². The molecule has 0 fully saturated rings. The van der Waals surface area contributed by atoms with Crippen molar-refractivity contribution in [3.8, 4) is 22.5 Å². The SMILES string of the molecule is CC(=O)CC(C)=O.c1ccc(-c2nccnc2-c2ccccc2)cc1. The summed E-state index contributed by atoms with van der Waals surface area (Å²) in [6.07, 6.45) is 3.55. The molecule has 0 aliphatic rings. The van der Waals surface area contributed by atoms with Crippen LogP contribution in [0.3, 0.4) is 0 Å². The Hall–Kier alpha value is -3.14. The highest BCUT2D eigenvalue weighted by Crippen LogP contribution is 2.27. The first kappa shape index (κ1) is 18.2. The smallest absolute Gasteiger partial charge is 0.137 e. The van der Waals surface area contributed by atoms with Gasteiger partial charge in [-0.05, 0) is 13.8 Å². The minimum Gasteiger partial charge on any atom is -0.300 e. The molecular formula is C21H20N2O2. The van der Waals surface area contributed by atoms with Crippen molar-refractivity contribution in [2.24, 2.45) is 0 Å². The summed E-state index contributed by atoms with van der Waals surface area (Å²) in [4.78, 5) is 29.0. The quantitative estimate of drug-likeness (QED) is 0.666. The largest absolute Gasteiger partial charge is 0.300 e. The number of hydrogen-bond acceptors (Lipinski definition) is 4. The van der Waals surface area contributed by atoms with Crippen molar-refractivity contribution < 1.29 is 9.59 Å². The van der Waals surface area contributed by atoms with E-state index >= 15 is 0 Å². The maximum Gasteiger partial charge on any atom is 0.137 e. The Balaban J connectivity index is 0.000000277. The molecule has 25 heavy (non-hydrogen) atoms. The lowest BCUT2D eigenvalue weighted by molar-refractivity contribution is -0.124. The van der Waals surface area contributed by atoms with E-state index < -0.39 is 0 Å². The lowest BCUT2D eigenvalue weighted by Gasteiger charge is -2.07. The van der Waals surface area contributed by atoms with E-state index in [1.807, 2.05) is 36.4 Å². The highest BCUT2D eigenvalue weighted by Gasteiger charge is 2.08. The standard InChI is InChI=1S/C16H12N2.C5H8O2/c1-3-7-13(8-4-1)15-16(18-12-11-17-15)14-9-5-2-6-10-14;1-4(6)3-5(2)7/h1-12H;3H2,1-2H3. The number of Topliss-reactive ketones (excluding diaryl/α,β-unsaturated/α-hetero) is 2. The molecule has 0 atom stereocenters. The predicted molar refractivity (Wildman–Crippen MR) is 98.9 cm³/mol. The van der Waals surface area contributed by atoms with Gasteiger partial charge in [-0.25, -0.2) is 0 Å². The summed E-state index contributed by atoms with van der Waals surface area (Å²) in [5.41, 5.74) is 4.02. The summed E-state index contributed by atoms with van der Waals surface area (Å²) >= 11 is 0. The van der Waals surface area contributed by atoms with E-state index in [1.54, 1.807) is 12.4 Å². The predicted octanol–water partition coefficient (Wildman–Crippen LogP) is 4.37. The molecule has 0 aliphatic carbocycles. The van der Waals surface area contributed by atoms with Crippen LogP contribution in [-0.4, -0.2) is 21.5 Å². The highest BCUT2D eigenvalue weighted by atomic mass is 16.1. The van der Waals surface area contributed by atoms with Gasteiger partial charge in [0.05, 0.1) is 17.8 Å². The van der Waals surface area contributed by atoms with Gasteiger partial charge in [-0.2, -0.15) is 0 Å². The van der Waals surface area contributed by atoms with Gasteiger partial charge in [-0.15, -0.1) is 0 Å². The van der Waals surface area contributed by atoms with Crippen molar-refractivity contribution in [1.82, 2.24) is 9.97 Å². The molecule has 0 N–H and O–H groups in total. The van der Waals surface area contributed by atoms with Crippen LogP contribution in [0.15, 0.2) is 73.1 Å². The van der Waals surface area contributed by atoms with Crippen LogP contribution in [0, 0.1) is 0 Å². The highest BCUT2D eigenvalue weighted by molar-refractivity contribution is 5.96. The van der Waals surface area contributed by atoms with E-state index in [-0.39, 0.29) is 18.0 Å². The van der Waals surface area contributed by atoms with E-state index in [1.165, 1.54) is 13.8 Å². The topological polar surface area (TPSA) is 59.9 Å². The van der Waals surface area contributed by atoms with Gasteiger partial charge in [0.25, 0.3) is 0 Å². The fraction of sp³-hybridized carbons (Fsp3) is 0.143. The first-order valence-electron chi connectivity index (χ1n) is 7.98. The zero-order valence-corrected chi connectivity index (χ0v) is 14.3. The monoisotopic (exact) mass is 332 g/mol. The number of ketones is 2. The van der Waals surface area contributed by atoms with E-state index in [0.29, 0.717) is 0 Å². The van der Waals surface area contributed by atoms with Crippen molar-refractivity contribution in [3.05, 3.63) is 73.1 Å². The molecule has 0 saturated heterocycles. The Bertz CT molecular complexity index is 760. The number of aromatic nitrogens is 2.